The smallest absolute Gasteiger partial charge is 0.258 e. The second kappa shape index (κ2) is 7.71. The van der Waals surface area contributed by atoms with Gasteiger partial charge in [-0.25, -0.2) is 4.39 Å². The SMILES string of the molecule is Cn1cc(-c2coc(CN3Cc4cccc(Oc5c(F)cccc5C#N)c4C3=O)c2)cn1. The van der Waals surface area contributed by atoms with Gasteiger partial charge in [-0.1, -0.05) is 18.2 Å². The summed E-state index contributed by atoms with van der Waals surface area (Å²) in [4.78, 5) is 14.8. The zero-order valence-electron chi connectivity index (χ0n) is 17.1. The topological polar surface area (TPSA) is 84.3 Å². The molecule has 0 unspecified atom stereocenters. The van der Waals surface area contributed by atoms with Gasteiger partial charge in [-0.3, -0.25) is 9.48 Å². The van der Waals surface area contributed by atoms with Gasteiger partial charge in [0.25, 0.3) is 5.91 Å². The number of hydrogen-bond donors (Lipinski definition) is 0. The molecule has 5 rings (SSSR count). The van der Waals surface area contributed by atoms with Crippen LogP contribution in [0.4, 0.5) is 4.39 Å². The van der Waals surface area contributed by atoms with Crippen molar-refractivity contribution in [1.29, 1.82) is 5.26 Å². The van der Waals surface area contributed by atoms with Gasteiger partial charge >= 0.3 is 0 Å². The van der Waals surface area contributed by atoms with E-state index < -0.39 is 5.82 Å². The van der Waals surface area contributed by atoms with Gasteiger partial charge in [-0.15, -0.1) is 0 Å². The molecule has 1 aliphatic rings. The number of ether oxygens (including phenoxy) is 1. The number of rotatable bonds is 5. The van der Waals surface area contributed by atoms with Crippen LogP contribution in [0, 0.1) is 17.1 Å². The summed E-state index contributed by atoms with van der Waals surface area (Å²) in [6.45, 7) is 0.646. The summed E-state index contributed by atoms with van der Waals surface area (Å²) in [5.41, 5.74) is 2.99. The van der Waals surface area contributed by atoms with Crippen molar-refractivity contribution in [1.82, 2.24) is 14.7 Å². The lowest BCUT2D eigenvalue weighted by Crippen LogP contribution is -2.23. The summed E-state index contributed by atoms with van der Waals surface area (Å²) in [6, 6.07) is 13.1. The molecular formula is C24H17FN4O3. The highest BCUT2D eigenvalue weighted by atomic mass is 19.1. The van der Waals surface area contributed by atoms with Crippen LogP contribution in [0.1, 0.15) is 27.2 Å². The van der Waals surface area contributed by atoms with E-state index in [0.717, 1.165) is 16.7 Å². The quantitative estimate of drug-likeness (QED) is 0.462. The molecule has 7 nitrogen and oxygen atoms in total. The molecule has 0 fully saturated rings. The van der Waals surface area contributed by atoms with Gasteiger partial charge in [-0.2, -0.15) is 10.4 Å². The Labute approximate surface area is 182 Å². The Morgan fingerprint density at radius 2 is 2.09 bits per heavy atom. The number of benzene rings is 2. The monoisotopic (exact) mass is 428 g/mol. The minimum absolute atomic E-state index is 0.0587. The Morgan fingerprint density at radius 1 is 1.25 bits per heavy atom. The summed E-state index contributed by atoms with van der Waals surface area (Å²) in [5.74, 6) is -0.255. The molecule has 2 aromatic carbocycles. The first-order valence-corrected chi connectivity index (χ1v) is 9.87. The van der Waals surface area contributed by atoms with Gasteiger partial charge in [0.2, 0.25) is 0 Å². The number of hydrogen-bond acceptors (Lipinski definition) is 5. The van der Waals surface area contributed by atoms with Gasteiger partial charge in [0.05, 0.1) is 30.1 Å². The number of nitrogens with zero attached hydrogens (tertiary/aromatic N) is 4. The summed E-state index contributed by atoms with van der Waals surface area (Å²) >= 11 is 0. The fourth-order valence-electron chi connectivity index (χ4n) is 3.78. The molecular weight excluding hydrogens is 411 g/mol. The van der Waals surface area contributed by atoms with Gasteiger partial charge in [0, 0.05) is 30.9 Å². The van der Waals surface area contributed by atoms with E-state index in [2.05, 4.69) is 5.10 Å². The van der Waals surface area contributed by atoms with E-state index in [0.29, 0.717) is 17.9 Å². The molecule has 0 saturated heterocycles. The van der Waals surface area contributed by atoms with Crippen LogP contribution in [0.2, 0.25) is 0 Å². The van der Waals surface area contributed by atoms with E-state index in [4.69, 9.17) is 9.15 Å². The molecule has 3 heterocycles. The van der Waals surface area contributed by atoms with Crippen molar-refractivity contribution >= 4 is 5.91 Å². The minimum atomic E-state index is -0.664. The molecule has 0 N–H and O–H groups in total. The molecule has 8 heteroatoms. The van der Waals surface area contributed by atoms with E-state index in [-0.39, 0.29) is 29.5 Å². The third kappa shape index (κ3) is 3.40. The fraction of sp³-hybridized carbons (Fsp3) is 0.125. The number of furan rings is 1. The summed E-state index contributed by atoms with van der Waals surface area (Å²) in [7, 11) is 1.84. The number of carbonyl (C=O) groups excluding carboxylic acids is 1. The molecule has 0 bridgehead atoms. The zero-order valence-corrected chi connectivity index (χ0v) is 17.1. The Hall–Kier alpha value is -4.38. The normalized spacial score (nSPS) is 12.7. The van der Waals surface area contributed by atoms with Gasteiger partial charge in [0.15, 0.2) is 11.6 Å². The van der Waals surface area contributed by atoms with Gasteiger partial charge < -0.3 is 14.1 Å². The Kier molecular flexibility index (Phi) is 4.71. The Balaban J connectivity index is 1.39. The number of para-hydroxylation sites is 1. The highest BCUT2D eigenvalue weighted by Gasteiger charge is 2.32. The number of carbonyl (C=O) groups is 1. The second-order valence-electron chi connectivity index (χ2n) is 7.49. The number of fused-ring (bicyclic) bond motifs is 1. The van der Waals surface area contributed by atoms with Crippen LogP contribution in [0.15, 0.2) is 65.5 Å². The lowest BCUT2D eigenvalue weighted by atomic mass is 10.1. The van der Waals surface area contributed by atoms with Crippen LogP contribution >= 0.6 is 0 Å². The van der Waals surface area contributed by atoms with Crippen molar-refractivity contribution < 1.29 is 18.3 Å². The number of aromatic nitrogens is 2. The molecule has 0 saturated carbocycles. The first-order valence-electron chi connectivity index (χ1n) is 9.87. The van der Waals surface area contributed by atoms with Crippen LogP contribution in [0.5, 0.6) is 11.5 Å². The molecule has 2 aromatic heterocycles. The summed E-state index contributed by atoms with van der Waals surface area (Å²) in [5, 5.41) is 13.4. The van der Waals surface area contributed by atoms with Crippen LogP contribution < -0.4 is 4.74 Å². The van der Waals surface area contributed by atoms with E-state index in [9.17, 15) is 14.4 Å². The molecule has 1 aliphatic heterocycles. The summed E-state index contributed by atoms with van der Waals surface area (Å²) in [6.07, 6.45) is 5.26. The third-order valence-electron chi connectivity index (χ3n) is 5.31. The van der Waals surface area contributed by atoms with Crippen molar-refractivity contribution in [2.75, 3.05) is 0 Å². The van der Waals surface area contributed by atoms with Crippen molar-refractivity contribution in [3.8, 4) is 28.7 Å². The van der Waals surface area contributed by atoms with Crippen molar-refractivity contribution in [2.24, 2.45) is 7.05 Å². The predicted molar refractivity (Wildman–Crippen MR) is 112 cm³/mol. The van der Waals surface area contributed by atoms with Crippen LogP contribution in [0.25, 0.3) is 11.1 Å². The first kappa shape index (κ1) is 19.6. The Bertz CT molecular complexity index is 1380. The van der Waals surface area contributed by atoms with Crippen molar-refractivity contribution in [3.05, 3.63) is 89.4 Å². The Morgan fingerprint density at radius 3 is 2.88 bits per heavy atom. The largest absolute Gasteiger partial charge is 0.467 e. The molecule has 4 aromatic rings. The number of halogens is 1. The maximum absolute atomic E-state index is 14.3. The molecule has 0 aliphatic carbocycles. The van der Waals surface area contributed by atoms with Crippen molar-refractivity contribution in [3.63, 3.8) is 0 Å². The van der Waals surface area contributed by atoms with Crippen LogP contribution in [0.3, 0.4) is 0 Å². The van der Waals surface area contributed by atoms with Crippen LogP contribution in [-0.2, 0) is 20.1 Å². The first-order chi connectivity index (χ1) is 15.5. The van der Waals surface area contributed by atoms with E-state index >= 15 is 0 Å². The van der Waals surface area contributed by atoms with Gasteiger partial charge in [0.1, 0.15) is 17.6 Å². The fourth-order valence-corrected chi connectivity index (χ4v) is 3.78. The molecule has 0 atom stereocenters. The minimum Gasteiger partial charge on any atom is -0.467 e. The molecule has 1 amide bonds. The predicted octanol–water partition coefficient (Wildman–Crippen LogP) is 4.64. The molecule has 158 valence electrons. The summed E-state index contributed by atoms with van der Waals surface area (Å²) < 4.78 is 27.4. The average Bonchev–Trinajstić information content (AvgIpc) is 3.50. The average molecular weight is 428 g/mol. The number of nitriles is 1. The molecule has 32 heavy (non-hydrogen) atoms. The van der Waals surface area contributed by atoms with E-state index in [1.807, 2.05) is 31.4 Å². The van der Waals surface area contributed by atoms with Gasteiger partial charge in [-0.05, 0) is 29.8 Å². The lowest BCUT2D eigenvalue weighted by molar-refractivity contribution is 0.0753. The van der Waals surface area contributed by atoms with E-state index in [1.165, 1.54) is 18.2 Å². The highest BCUT2D eigenvalue weighted by molar-refractivity contribution is 6.01. The maximum Gasteiger partial charge on any atom is 0.258 e. The number of aryl methyl sites for hydroxylation is 1. The zero-order chi connectivity index (χ0) is 22.2. The van der Waals surface area contributed by atoms with E-state index in [1.54, 1.807) is 34.2 Å². The molecule has 0 radical (unpaired) electrons. The van der Waals surface area contributed by atoms with Crippen LogP contribution in [-0.4, -0.2) is 20.6 Å². The third-order valence-corrected chi connectivity index (χ3v) is 5.31. The van der Waals surface area contributed by atoms with Crippen molar-refractivity contribution in [2.45, 2.75) is 13.1 Å². The standard InChI is InChI=1S/C24H17FN4O3/c1-28-11-18(10-27-28)17-8-19(31-14-17)13-29-12-16-5-3-7-21(22(16)24(29)30)32-23-15(9-26)4-2-6-20(23)25/h2-8,10-11,14H,12-13H2,1H3. The number of amides is 1. The highest BCUT2D eigenvalue weighted by Crippen LogP contribution is 2.36. The maximum atomic E-state index is 14.3. The molecule has 0 spiro atoms. The lowest BCUT2D eigenvalue weighted by Gasteiger charge is -2.14. The second-order valence-corrected chi connectivity index (χ2v) is 7.49.